The third-order valence-electron chi connectivity index (χ3n) is 3.64. The molecule has 0 aliphatic carbocycles. The number of rotatable bonds is 2. The number of carbonyl (C=O) groups is 1. The van der Waals surface area contributed by atoms with Gasteiger partial charge < -0.3 is 15.0 Å². The maximum absolute atomic E-state index is 12.5. The summed E-state index contributed by atoms with van der Waals surface area (Å²) in [7, 11) is 0. The second kappa shape index (κ2) is 6.88. The summed E-state index contributed by atoms with van der Waals surface area (Å²) < 4.78 is 6.71. The molecule has 1 N–H and O–H groups in total. The Hall–Kier alpha value is -1.60. The fourth-order valence-corrected chi connectivity index (χ4v) is 3.57. The molecular weight excluding hydrogens is 378 g/mol. The van der Waals surface area contributed by atoms with Gasteiger partial charge in [0.15, 0.2) is 0 Å². The van der Waals surface area contributed by atoms with Crippen molar-refractivity contribution in [1.82, 2.24) is 15.2 Å². The van der Waals surface area contributed by atoms with Crippen LogP contribution in [-0.2, 0) is 6.54 Å². The molecule has 0 saturated carbocycles. The highest BCUT2D eigenvalue weighted by atomic mass is 79.9. The number of hydrogen-bond donors (Lipinski definition) is 1. The SMILES string of the molecule is Cc1csc(C(C)NC(=O)N2CCOc3cc(Br)ccc3C2)n1. The van der Waals surface area contributed by atoms with Gasteiger partial charge in [-0.2, -0.15) is 0 Å². The van der Waals surface area contributed by atoms with Gasteiger partial charge in [-0.3, -0.25) is 0 Å². The number of ether oxygens (including phenoxy) is 1. The van der Waals surface area contributed by atoms with E-state index < -0.39 is 0 Å². The summed E-state index contributed by atoms with van der Waals surface area (Å²) in [5.74, 6) is 0.832. The molecule has 0 saturated heterocycles. The monoisotopic (exact) mass is 395 g/mol. The second-order valence-electron chi connectivity index (χ2n) is 5.52. The number of carbonyl (C=O) groups excluding carboxylic acids is 1. The predicted octanol–water partition coefficient (Wildman–Crippen LogP) is 3.88. The molecule has 23 heavy (non-hydrogen) atoms. The lowest BCUT2D eigenvalue weighted by molar-refractivity contribution is 0.184. The zero-order valence-electron chi connectivity index (χ0n) is 13.0. The summed E-state index contributed by atoms with van der Waals surface area (Å²) >= 11 is 5.01. The number of aromatic nitrogens is 1. The van der Waals surface area contributed by atoms with Gasteiger partial charge in [0.25, 0.3) is 0 Å². The van der Waals surface area contributed by atoms with Crippen LogP contribution in [0.15, 0.2) is 28.1 Å². The zero-order valence-corrected chi connectivity index (χ0v) is 15.4. The van der Waals surface area contributed by atoms with Crippen LogP contribution >= 0.6 is 27.3 Å². The number of thiazole rings is 1. The lowest BCUT2D eigenvalue weighted by Gasteiger charge is -2.22. The van der Waals surface area contributed by atoms with E-state index in [-0.39, 0.29) is 12.1 Å². The summed E-state index contributed by atoms with van der Waals surface area (Å²) in [4.78, 5) is 18.7. The van der Waals surface area contributed by atoms with Crippen LogP contribution in [0.3, 0.4) is 0 Å². The molecule has 0 spiro atoms. The standard InChI is InChI=1S/C16H18BrN3O2S/c1-10-9-23-15(18-10)11(2)19-16(21)20-5-6-22-14-7-13(17)4-3-12(14)8-20/h3-4,7,9,11H,5-6,8H2,1-2H3,(H,19,21). The highest BCUT2D eigenvalue weighted by molar-refractivity contribution is 9.10. The first-order chi connectivity index (χ1) is 11.0. The molecule has 2 heterocycles. The van der Waals surface area contributed by atoms with Gasteiger partial charge in [-0.15, -0.1) is 11.3 Å². The molecule has 1 aliphatic heterocycles. The average Bonchev–Trinajstić information content (AvgIpc) is 2.83. The third kappa shape index (κ3) is 3.84. The van der Waals surface area contributed by atoms with Gasteiger partial charge >= 0.3 is 6.03 Å². The highest BCUT2D eigenvalue weighted by Gasteiger charge is 2.22. The molecule has 2 amide bonds. The molecule has 1 aliphatic rings. The van der Waals surface area contributed by atoms with E-state index >= 15 is 0 Å². The molecule has 1 unspecified atom stereocenters. The Labute approximate surface area is 147 Å². The zero-order chi connectivity index (χ0) is 16.4. The Morgan fingerprint density at radius 2 is 2.35 bits per heavy atom. The number of aryl methyl sites for hydroxylation is 1. The molecule has 5 nitrogen and oxygen atoms in total. The number of nitrogens with zero attached hydrogens (tertiary/aromatic N) is 2. The maximum atomic E-state index is 12.5. The van der Waals surface area contributed by atoms with Crippen LogP contribution < -0.4 is 10.1 Å². The van der Waals surface area contributed by atoms with Crippen LogP contribution in [-0.4, -0.2) is 29.1 Å². The number of halogens is 1. The summed E-state index contributed by atoms with van der Waals surface area (Å²) in [5.41, 5.74) is 1.99. The molecule has 3 rings (SSSR count). The van der Waals surface area contributed by atoms with Crippen LogP contribution in [0.25, 0.3) is 0 Å². The maximum Gasteiger partial charge on any atom is 0.318 e. The van der Waals surface area contributed by atoms with E-state index in [9.17, 15) is 4.79 Å². The van der Waals surface area contributed by atoms with Crippen LogP contribution in [0.1, 0.15) is 29.2 Å². The van der Waals surface area contributed by atoms with Crippen molar-refractivity contribution in [1.29, 1.82) is 0 Å². The predicted molar refractivity (Wildman–Crippen MR) is 93.8 cm³/mol. The van der Waals surface area contributed by atoms with Gasteiger partial charge in [-0.25, -0.2) is 9.78 Å². The first-order valence-corrected chi connectivity index (χ1v) is 9.09. The summed E-state index contributed by atoms with van der Waals surface area (Å²) in [6, 6.07) is 5.69. The van der Waals surface area contributed by atoms with Crippen molar-refractivity contribution in [2.45, 2.75) is 26.4 Å². The topological polar surface area (TPSA) is 54.5 Å². The van der Waals surface area contributed by atoms with Crippen molar-refractivity contribution in [2.24, 2.45) is 0 Å². The molecular formula is C16H18BrN3O2S. The van der Waals surface area contributed by atoms with E-state index in [1.54, 1.807) is 16.2 Å². The minimum Gasteiger partial charge on any atom is -0.491 e. The van der Waals surface area contributed by atoms with Gasteiger partial charge in [0.05, 0.1) is 19.1 Å². The van der Waals surface area contributed by atoms with Crippen LogP contribution in [0.5, 0.6) is 5.75 Å². The minimum absolute atomic E-state index is 0.0929. The summed E-state index contributed by atoms with van der Waals surface area (Å²) in [6.45, 7) is 5.49. The third-order valence-corrected chi connectivity index (χ3v) is 5.28. The highest BCUT2D eigenvalue weighted by Crippen LogP contribution is 2.27. The molecule has 1 atom stereocenters. The summed E-state index contributed by atoms with van der Waals surface area (Å²) in [6.07, 6.45) is 0. The van der Waals surface area contributed by atoms with Gasteiger partial charge in [0.2, 0.25) is 0 Å². The second-order valence-corrected chi connectivity index (χ2v) is 7.33. The van der Waals surface area contributed by atoms with Crippen LogP contribution in [0.4, 0.5) is 4.79 Å². The van der Waals surface area contributed by atoms with Gasteiger partial charge in [0, 0.05) is 21.1 Å². The van der Waals surface area contributed by atoms with Crippen LogP contribution in [0, 0.1) is 6.92 Å². The lowest BCUT2D eigenvalue weighted by Crippen LogP contribution is -2.41. The number of hydrogen-bond acceptors (Lipinski definition) is 4. The van der Waals surface area contributed by atoms with Crippen molar-refractivity contribution in [3.8, 4) is 5.75 Å². The molecule has 0 radical (unpaired) electrons. The first kappa shape index (κ1) is 16.3. The average molecular weight is 396 g/mol. The van der Waals surface area contributed by atoms with Crippen molar-refractivity contribution >= 4 is 33.3 Å². The Morgan fingerprint density at radius 3 is 3.09 bits per heavy atom. The Kier molecular flexibility index (Phi) is 4.87. The molecule has 122 valence electrons. The number of fused-ring (bicyclic) bond motifs is 1. The smallest absolute Gasteiger partial charge is 0.318 e. The molecule has 2 aromatic rings. The number of nitrogens with one attached hydrogen (secondary N) is 1. The Morgan fingerprint density at radius 1 is 1.52 bits per heavy atom. The normalized spacial score (nSPS) is 15.3. The molecule has 1 aromatic heterocycles. The first-order valence-electron chi connectivity index (χ1n) is 7.41. The minimum atomic E-state index is -0.102. The summed E-state index contributed by atoms with van der Waals surface area (Å²) in [5, 5.41) is 5.93. The van der Waals surface area contributed by atoms with E-state index in [1.807, 2.05) is 37.4 Å². The van der Waals surface area contributed by atoms with Crippen molar-refractivity contribution in [3.63, 3.8) is 0 Å². The van der Waals surface area contributed by atoms with E-state index in [4.69, 9.17) is 4.74 Å². The fourth-order valence-electron chi connectivity index (χ4n) is 2.43. The van der Waals surface area contributed by atoms with E-state index in [1.165, 1.54) is 0 Å². The molecule has 0 bridgehead atoms. The number of benzene rings is 1. The molecule has 7 heteroatoms. The quantitative estimate of drug-likeness (QED) is 0.838. The van der Waals surface area contributed by atoms with Gasteiger partial charge in [0.1, 0.15) is 17.4 Å². The Balaban J connectivity index is 1.69. The van der Waals surface area contributed by atoms with E-state index in [0.717, 1.165) is 26.5 Å². The van der Waals surface area contributed by atoms with Crippen molar-refractivity contribution in [2.75, 3.05) is 13.2 Å². The van der Waals surface area contributed by atoms with Gasteiger partial charge in [-0.1, -0.05) is 22.0 Å². The van der Waals surface area contributed by atoms with Crippen molar-refractivity contribution < 1.29 is 9.53 Å². The van der Waals surface area contributed by atoms with Crippen molar-refractivity contribution in [3.05, 3.63) is 44.3 Å². The number of amides is 2. The van der Waals surface area contributed by atoms with E-state index in [0.29, 0.717) is 19.7 Å². The number of urea groups is 1. The van der Waals surface area contributed by atoms with Crippen LogP contribution in [0.2, 0.25) is 0 Å². The fraction of sp³-hybridized carbons (Fsp3) is 0.375. The van der Waals surface area contributed by atoms with Gasteiger partial charge in [-0.05, 0) is 26.0 Å². The Bertz CT molecular complexity index is 719. The molecule has 0 fully saturated rings. The largest absolute Gasteiger partial charge is 0.491 e. The lowest BCUT2D eigenvalue weighted by atomic mass is 10.2. The van der Waals surface area contributed by atoms with E-state index in [2.05, 4.69) is 26.2 Å². The molecule has 1 aromatic carbocycles.